The van der Waals surface area contributed by atoms with E-state index >= 15 is 0 Å². The van der Waals surface area contributed by atoms with E-state index < -0.39 is 17.5 Å². The average Bonchev–Trinajstić information content (AvgIpc) is 3.36. The van der Waals surface area contributed by atoms with Gasteiger partial charge < -0.3 is 19.9 Å². The molecule has 9 nitrogen and oxygen atoms in total. The molecule has 3 N–H and O–H groups in total. The molecule has 38 heavy (non-hydrogen) atoms. The van der Waals surface area contributed by atoms with E-state index in [9.17, 15) is 19.1 Å². The summed E-state index contributed by atoms with van der Waals surface area (Å²) in [7, 11) is 1.47. The predicted molar refractivity (Wildman–Crippen MR) is 140 cm³/mol. The first-order valence-corrected chi connectivity index (χ1v) is 12.1. The zero-order valence-electron chi connectivity index (χ0n) is 20.9. The molecule has 4 rings (SSSR count). The third-order valence-electron chi connectivity index (χ3n) is 6.04. The fraction of sp³-hybridized carbons (Fsp3) is 0.250. The van der Waals surface area contributed by atoms with Crippen LogP contribution in [0.15, 0.2) is 71.8 Å². The number of phenols is 1. The summed E-state index contributed by atoms with van der Waals surface area (Å²) in [5.41, 5.74) is 4.09. The first-order valence-electron chi connectivity index (χ1n) is 12.1. The molecule has 198 valence electrons. The van der Waals surface area contributed by atoms with Gasteiger partial charge in [0.25, 0.3) is 11.8 Å². The lowest BCUT2D eigenvalue weighted by Crippen LogP contribution is -2.39. The largest absolute Gasteiger partial charge is 0.505 e. The second kappa shape index (κ2) is 12.7. The number of hydrazone groups is 1. The maximum Gasteiger partial charge on any atom is 0.271 e. The molecule has 1 saturated heterocycles. The van der Waals surface area contributed by atoms with Gasteiger partial charge in [-0.2, -0.15) is 5.10 Å². The Labute approximate surface area is 219 Å². The molecule has 3 aromatic carbocycles. The first kappa shape index (κ1) is 26.6. The zero-order valence-corrected chi connectivity index (χ0v) is 20.9. The highest BCUT2D eigenvalue weighted by Crippen LogP contribution is 2.23. The van der Waals surface area contributed by atoms with Crippen molar-refractivity contribution in [3.05, 3.63) is 89.2 Å². The van der Waals surface area contributed by atoms with Gasteiger partial charge in [-0.3, -0.25) is 14.5 Å². The van der Waals surface area contributed by atoms with Gasteiger partial charge in [-0.15, -0.1) is 0 Å². The van der Waals surface area contributed by atoms with Crippen LogP contribution in [0.25, 0.3) is 0 Å². The Bertz CT molecular complexity index is 1300. The minimum absolute atomic E-state index is 0.00736. The van der Waals surface area contributed by atoms with Crippen LogP contribution in [0.2, 0.25) is 0 Å². The SMILES string of the molecule is COc1cc(OCC(=O)NC2CCN(Cc3ccccc3)C2)ccc1/C=N/NC(=O)c1ccc(O)c(F)c1. The number of aromatic hydroxyl groups is 1. The van der Waals surface area contributed by atoms with Crippen LogP contribution in [-0.2, 0) is 11.3 Å². The van der Waals surface area contributed by atoms with Gasteiger partial charge in [0.15, 0.2) is 18.2 Å². The summed E-state index contributed by atoms with van der Waals surface area (Å²) in [6.07, 6.45) is 2.25. The van der Waals surface area contributed by atoms with Crippen molar-refractivity contribution < 1.29 is 28.6 Å². The van der Waals surface area contributed by atoms with Crippen LogP contribution < -0.4 is 20.2 Å². The van der Waals surface area contributed by atoms with Crippen LogP contribution in [0.4, 0.5) is 4.39 Å². The maximum atomic E-state index is 13.4. The number of nitrogens with zero attached hydrogens (tertiary/aromatic N) is 2. The number of likely N-dealkylation sites (tertiary alicyclic amines) is 1. The number of amides is 2. The lowest BCUT2D eigenvalue weighted by Gasteiger charge is -2.17. The highest BCUT2D eigenvalue weighted by atomic mass is 19.1. The van der Waals surface area contributed by atoms with E-state index in [1.807, 2.05) is 18.2 Å². The maximum absolute atomic E-state index is 13.4. The number of phenolic OH excluding ortho intramolecular Hbond substituents is 1. The van der Waals surface area contributed by atoms with Crippen molar-refractivity contribution in [1.82, 2.24) is 15.6 Å². The highest BCUT2D eigenvalue weighted by molar-refractivity contribution is 5.95. The first-order chi connectivity index (χ1) is 18.4. The van der Waals surface area contributed by atoms with Gasteiger partial charge in [0.05, 0.1) is 13.3 Å². The van der Waals surface area contributed by atoms with Crippen molar-refractivity contribution in [3.63, 3.8) is 0 Å². The minimum Gasteiger partial charge on any atom is -0.505 e. The molecular weight excluding hydrogens is 491 g/mol. The van der Waals surface area contributed by atoms with Gasteiger partial charge in [0.2, 0.25) is 0 Å². The van der Waals surface area contributed by atoms with E-state index in [4.69, 9.17) is 9.47 Å². The van der Waals surface area contributed by atoms with Crippen LogP contribution in [-0.4, -0.2) is 60.9 Å². The summed E-state index contributed by atoms with van der Waals surface area (Å²) in [5.74, 6) is -1.43. The summed E-state index contributed by atoms with van der Waals surface area (Å²) in [4.78, 5) is 26.9. The quantitative estimate of drug-likeness (QED) is 0.280. The van der Waals surface area contributed by atoms with E-state index in [0.29, 0.717) is 17.1 Å². The van der Waals surface area contributed by atoms with Crippen molar-refractivity contribution in [2.24, 2.45) is 5.10 Å². The molecule has 0 spiro atoms. The summed E-state index contributed by atoms with van der Waals surface area (Å²) in [6.45, 7) is 2.44. The number of halogens is 1. The Balaban J connectivity index is 1.24. The number of carbonyl (C=O) groups excluding carboxylic acids is 2. The van der Waals surface area contributed by atoms with E-state index in [1.54, 1.807) is 18.2 Å². The Morgan fingerprint density at radius 2 is 1.97 bits per heavy atom. The van der Waals surface area contributed by atoms with Gasteiger partial charge in [0, 0.05) is 42.9 Å². The molecule has 0 saturated carbocycles. The number of nitrogens with one attached hydrogen (secondary N) is 2. The second-order valence-electron chi connectivity index (χ2n) is 8.83. The fourth-order valence-electron chi connectivity index (χ4n) is 4.11. The van der Waals surface area contributed by atoms with Crippen LogP contribution in [0.5, 0.6) is 17.2 Å². The van der Waals surface area contributed by atoms with Crippen LogP contribution in [0.1, 0.15) is 27.9 Å². The lowest BCUT2D eigenvalue weighted by molar-refractivity contribution is -0.123. The lowest BCUT2D eigenvalue weighted by atomic mass is 10.2. The van der Waals surface area contributed by atoms with E-state index in [1.165, 1.54) is 25.0 Å². The average molecular weight is 521 g/mol. The third-order valence-corrected chi connectivity index (χ3v) is 6.04. The van der Waals surface area contributed by atoms with E-state index in [2.05, 4.69) is 32.9 Å². The summed E-state index contributed by atoms with van der Waals surface area (Å²) < 4.78 is 24.5. The number of ether oxygens (including phenoxy) is 2. The molecule has 3 aromatic rings. The number of rotatable bonds is 10. The van der Waals surface area contributed by atoms with Gasteiger partial charge in [0.1, 0.15) is 11.5 Å². The molecular formula is C28H29FN4O5. The van der Waals surface area contributed by atoms with Gasteiger partial charge in [-0.25, -0.2) is 9.82 Å². The number of benzene rings is 3. The molecule has 0 aromatic heterocycles. The number of hydrogen-bond donors (Lipinski definition) is 3. The van der Waals surface area contributed by atoms with Crippen LogP contribution >= 0.6 is 0 Å². The monoisotopic (exact) mass is 520 g/mol. The molecule has 1 fully saturated rings. The highest BCUT2D eigenvalue weighted by Gasteiger charge is 2.24. The summed E-state index contributed by atoms with van der Waals surface area (Å²) in [6, 6.07) is 18.5. The number of methoxy groups -OCH3 is 1. The summed E-state index contributed by atoms with van der Waals surface area (Å²) in [5, 5.41) is 16.1. The van der Waals surface area contributed by atoms with Crippen molar-refractivity contribution in [2.75, 3.05) is 26.8 Å². The Hall–Kier alpha value is -4.44. The van der Waals surface area contributed by atoms with E-state index in [0.717, 1.165) is 38.2 Å². The van der Waals surface area contributed by atoms with E-state index in [-0.39, 0.29) is 24.1 Å². The minimum atomic E-state index is -0.902. The molecule has 0 radical (unpaired) electrons. The molecule has 0 bridgehead atoms. The Morgan fingerprint density at radius 3 is 2.74 bits per heavy atom. The Kier molecular flexibility index (Phi) is 8.89. The molecule has 10 heteroatoms. The number of carbonyl (C=O) groups is 2. The van der Waals surface area contributed by atoms with Crippen molar-refractivity contribution >= 4 is 18.0 Å². The normalized spacial score (nSPS) is 15.4. The molecule has 1 unspecified atom stereocenters. The number of hydrogen-bond acceptors (Lipinski definition) is 7. The van der Waals surface area contributed by atoms with Crippen molar-refractivity contribution in [1.29, 1.82) is 0 Å². The molecule has 2 amide bonds. The smallest absolute Gasteiger partial charge is 0.271 e. The zero-order chi connectivity index (χ0) is 26.9. The van der Waals surface area contributed by atoms with Crippen LogP contribution in [0, 0.1) is 5.82 Å². The second-order valence-corrected chi connectivity index (χ2v) is 8.83. The van der Waals surface area contributed by atoms with Crippen molar-refractivity contribution in [3.8, 4) is 17.2 Å². The van der Waals surface area contributed by atoms with Gasteiger partial charge >= 0.3 is 0 Å². The third kappa shape index (κ3) is 7.30. The topological polar surface area (TPSA) is 112 Å². The fourth-order valence-corrected chi connectivity index (χ4v) is 4.11. The molecule has 1 aliphatic heterocycles. The predicted octanol–water partition coefficient (Wildman–Crippen LogP) is 3.07. The van der Waals surface area contributed by atoms with Crippen LogP contribution in [0.3, 0.4) is 0 Å². The molecule has 1 aliphatic rings. The van der Waals surface area contributed by atoms with Crippen molar-refractivity contribution in [2.45, 2.75) is 19.0 Å². The Morgan fingerprint density at radius 1 is 1.16 bits per heavy atom. The molecule has 1 heterocycles. The molecule has 0 aliphatic carbocycles. The molecule has 1 atom stereocenters. The standard InChI is InChI=1S/C28H29FN4O5/c1-37-26-14-23(9-7-21(26)15-30-32-28(36)20-8-10-25(34)24(29)13-20)38-18-27(35)31-22-11-12-33(17-22)16-19-5-3-2-4-6-19/h2-10,13-15,22,34H,11-12,16-18H2,1H3,(H,31,35)(H,32,36)/b30-15+. The van der Waals surface area contributed by atoms with Gasteiger partial charge in [-0.05, 0) is 42.3 Å². The van der Waals surface area contributed by atoms with Gasteiger partial charge in [-0.1, -0.05) is 30.3 Å². The summed E-state index contributed by atoms with van der Waals surface area (Å²) >= 11 is 0.